The third-order valence-electron chi connectivity index (χ3n) is 3.50. The molecular formula is C18H21N3O3. The zero-order valence-corrected chi connectivity index (χ0v) is 13.5. The van der Waals surface area contributed by atoms with Crippen molar-refractivity contribution in [2.75, 3.05) is 11.9 Å². The van der Waals surface area contributed by atoms with Crippen molar-refractivity contribution in [1.82, 2.24) is 5.32 Å². The highest BCUT2D eigenvalue weighted by molar-refractivity contribution is 5.85. The average molecular weight is 327 g/mol. The van der Waals surface area contributed by atoms with Gasteiger partial charge < -0.3 is 21.5 Å². The molecule has 1 amide bonds. The van der Waals surface area contributed by atoms with E-state index in [2.05, 4.69) is 10.6 Å². The Hall–Kier alpha value is -2.86. The van der Waals surface area contributed by atoms with Gasteiger partial charge in [-0.1, -0.05) is 29.8 Å². The Morgan fingerprint density at radius 3 is 2.12 bits per heavy atom. The van der Waals surface area contributed by atoms with Crippen LogP contribution in [0.3, 0.4) is 0 Å². The zero-order valence-electron chi connectivity index (χ0n) is 13.5. The van der Waals surface area contributed by atoms with Gasteiger partial charge >= 0.3 is 5.97 Å². The van der Waals surface area contributed by atoms with Crippen molar-refractivity contribution in [3.8, 4) is 0 Å². The third kappa shape index (κ3) is 5.40. The number of hydrogen-bond donors (Lipinski definition) is 4. The number of hydrogen-bond acceptors (Lipinski definition) is 4. The Bertz CT molecular complexity index is 696. The number of rotatable bonds is 7. The standard InChI is InChI=1S/C18H21N3O3/c1-12-2-6-14(7-3-12)21-15-8-4-13(5-9-15)10-16(19)18(24)20-11-17(22)23/h2-9,16,21H,10-11,19H2,1H3,(H,20,24)(H,22,23). The second-order valence-electron chi connectivity index (χ2n) is 5.61. The predicted molar refractivity (Wildman–Crippen MR) is 93.2 cm³/mol. The molecule has 1 atom stereocenters. The number of carbonyl (C=O) groups is 2. The molecule has 0 heterocycles. The molecule has 0 aliphatic rings. The second-order valence-corrected chi connectivity index (χ2v) is 5.61. The van der Waals surface area contributed by atoms with Crippen LogP contribution >= 0.6 is 0 Å². The predicted octanol–water partition coefficient (Wildman–Crippen LogP) is 1.81. The van der Waals surface area contributed by atoms with Crippen LogP contribution in [0.4, 0.5) is 11.4 Å². The molecule has 0 aliphatic carbocycles. The molecular weight excluding hydrogens is 306 g/mol. The molecule has 126 valence electrons. The summed E-state index contributed by atoms with van der Waals surface area (Å²) in [4.78, 5) is 22.1. The van der Waals surface area contributed by atoms with Crippen molar-refractivity contribution >= 4 is 23.3 Å². The van der Waals surface area contributed by atoms with Gasteiger partial charge in [-0.25, -0.2) is 0 Å². The Morgan fingerprint density at radius 2 is 1.58 bits per heavy atom. The SMILES string of the molecule is Cc1ccc(Nc2ccc(CC(N)C(=O)NCC(=O)O)cc2)cc1. The Labute approximate surface area is 140 Å². The summed E-state index contributed by atoms with van der Waals surface area (Å²) in [7, 11) is 0. The monoisotopic (exact) mass is 327 g/mol. The maximum absolute atomic E-state index is 11.7. The van der Waals surface area contributed by atoms with Gasteiger partial charge in [0.1, 0.15) is 6.54 Å². The van der Waals surface area contributed by atoms with E-state index in [1.807, 2.05) is 55.5 Å². The van der Waals surface area contributed by atoms with E-state index in [4.69, 9.17) is 10.8 Å². The zero-order chi connectivity index (χ0) is 17.5. The number of amides is 1. The lowest BCUT2D eigenvalue weighted by molar-refractivity contribution is -0.138. The highest BCUT2D eigenvalue weighted by Gasteiger charge is 2.14. The fourth-order valence-corrected chi connectivity index (χ4v) is 2.17. The molecule has 0 aliphatic heterocycles. The number of carbonyl (C=O) groups excluding carboxylic acids is 1. The maximum Gasteiger partial charge on any atom is 0.322 e. The molecule has 0 aromatic heterocycles. The molecule has 0 bridgehead atoms. The van der Waals surface area contributed by atoms with E-state index in [9.17, 15) is 9.59 Å². The van der Waals surface area contributed by atoms with Crippen LogP contribution < -0.4 is 16.4 Å². The van der Waals surface area contributed by atoms with E-state index in [0.29, 0.717) is 6.42 Å². The van der Waals surface area contributed by atoms with Crippen LogP contribution in [0.25, 0.3) is 0 Å². The van der Waals surface area contributed by atoms with Crippen LogP contribution in [-0.2, 0) is 16.0 Å². The molecule has 24 heavy (non-hydrogen) atoms. The van der Waals surface area contributed by atoms with E-state index in [1.165, 1.54) is 5.56 Å². The molecule has 0 fully saturated rings. The number of benzene rings is 2. The number of aliphatic carboxylic acids is 1. The molecule has 2 aromatic rings. The molecule has 0 radical (unpaired) electrons. The first-order valence-corrected chi connectivity index (χ1v) is 7.62. The molecule has 1 unspecified atom stereocenters. The second kappa shape index (κ2) is 8.12. The lowest BCUT2D eigenvalue weighted by Gasteiger charge is -2.12. The van der Waals surface area contributed by atoms with Gasteiger partial charge in [0.2, 0.25) is 5.91 Å². The van der Waals surface area contributed by atoms with Crippen LogP contribution in [-0.4, -0.2) is 29.6 Å². The lowest BCUT2D eigenvalue weighted by atomic mass is 10.1. The first-order valence-electron chi connectivity index (χ1n) is 7.62. The van der Waals surface area contributed by atoms with Crippen molar-refractivity contribution in [2.45, 2.75) is 19.4 Å². The van der Waals surface area contributed by atoms with Gasteiger partial charge in [0.05, 0.1) is 6.04 Å². The van der Waals surface area contributed by atoms with Gasteiger partial charge in [-0.2, -0.15) is 0 Å². The smallest absolute Gasteiger partial charge is 0.322 e. The van der Waals surface area contributed by atoms with E-state index >= 15 is 0 Å². The van der Waals surface area contributed by atoms with Gasteiger partial charge in [-0.3, -0.25) is 9.59 Å². The third-order valence-corrected chi connectivity index (χ3v) is 3.50. The minimum Gasteiger partial charge on any atom is -0.480 e. The summed E-state index contributed by atoms with van der Waals surface area (Å²) < 4.78 is 0. The van der Waals surface area contributed by atoms with E-state index in [0.717, 1.165) is 16.9 Å². The van der Waals surface area contributed by atoms with Crippen LogP contribution in [0.2, 0.25) is 0 Å². The van der Waals surface area contributed by atoms with Crippen molar-refractivity contribution in [3.05, 3.63) is 59.7 Å². The topological polar surface area (TPSA) is 104 Å². The molecule has 5 N–H and O–H groups in total. The number of aryl methyl sites for hydroxylation is 1. The van der Waals surface area contributed by atoms with Crippen LogP contribution in [0.15, 0.2) is 48.5 Å². The molecule has 0 spiro atoms. The quantitative estimate of drug-likeness (QED) is 0.621. The van der Waals surface area contributed by atoms with E-state index < -0.39 is 24.5 Å². The number of nitrogens with two attached hydrogens (primary N) is 1. The summed E-state index contributed by atoms with van der Waals surface area (Å²) >= 11 is 0. The molecule has 6 heteroatoms. The average Bonchev–Trinajstić information content (AvgIpc) is 2.56. The summed E-state index contributed by atoms with van der Waals surface area (Å²) in [5.41, 5.74) is 9.83. The Morgan fingerprint density at radius 1 is 1.04 bits per heavy atom. The lowest BCUT2D eigenvalue weighted by Crippen LogP contribution is -2.43. The molecule has 2 aromatic carbocycles. The van der Waals surface area contributed by atoms with Gasteiger partial charge in [0.15, 0.2) is 0 Å². The van der Waals surface area contributed by atoms with E-state index in [-0.39, 0.29) is 0 Å². The van der Waals surface area contributed by atoms with Gasteiger partial charge in [0, 0.05) is 11.4 Å². The largest absolute Gasteiger partial charge is 0.480 e. The first-order chi connectivity index (χ1) is 11.4. The fourth-order valence-electron chi connectivity index (χ4n) is 2.17. The molecule has 0 saturated heterocycles. The summed E-state index contributed by atoms with van der Waals surface area (Å²) in [6.45, 7) is 1.61. The van der Waals surface area contributed by atoms with E-state index in [1.54, 1.807) is 0 Å². The van der Waals surface area contributed by atoms with Crippen LogP contribution in [0, 0.1) is 6.92 Å². The highest BCUT2D eigenvalue weighted by atomic mass is 16.4. The highest BCUT2D eigenvalue weighted by Crippen LogP contribution is 2.18. The van der Waals surface area contributed by atoms with Crippen LogP contribution in [0.1, 0.15) is 11.1 Å². The number of carboxylic acid groups (broad SMARTS) is 1. The van der Waals surface area contributed by atoms with Gasteiger partial charge in [-0.05, 0) is 43.2 Å². The normalized spacial score (nSPS) is 11.6. The summed E-state index contributed by atoms with van der Waals surface area (Å²) in [6, 6.07) is 14.9. The van der Waals surface area contributed by atoms with Crippen molar-refractivity contribution in [3.63, 3.8) is 0 Å². The Kier molecular flexibility index (Phi) is 5.92. The van der Waals surface area contributed by atoms with Crippen molar-refractivity contribution in [2.24, 2.45) is 5.73 Å². The van der Waals surface area contributed by atoms with Crippen molar-refractivity contribution < 1.29 is 14.7 Å². The minimum atomic E-state index is -1.10. The number of nitrogens with one attached hydrogen (secondary N) is 2. The number of carboxylic acids is 1. The summed E-state index contributed by atoms with van der Waals surface area (Å²) in [5, 5.41) is 14.1. The first kappa shape index (κ1) is 17.5. The van der Waals surface area contributed by atoms with Gasteiger partial charge in [0.25, 0.3) is 0 Å². The Balaban J connectivity index is 1.90. The summed E-state index contributed by atoms with van der Waals surface area (Å²) in [6.07, 6.45) is 0.344. The maximum atomic E-state index is 11.7. The molecule has 6 nitrogen and oxygen atoms in total. The van der Waals surface area contributed by atoms with Gasteiger partial charge in [-0.15, -0.1) is 0 Å². The summed E-state index contributed by atoms with van der Waals surface area (Å²) in [5.74, 6) is -1.57. The fraction of sp³-hybridized carbons (Fsp3) is 0.222. The van der Waals surface area contributed by atoms with Crippen LogP contribution in [0.5, 0.6) is 0 Å². The van der Waals surface area contributed by atoms with Crippen molar-refractivity contribution in [1.29, 1.82) is 0 Å². The molecule has 0 saturated carbocycles. The molecule has 2 rings (SSSR count). The minimum absolute atomic E-state index is 0.344. The number of anilines is 2.